The fourth-order valence-corrected chi connectivity index (χ4v) is 4.92. The molecule has 2 rings (SSSR count). The quantitative estimate of drug-likeness (QED) is 0.194. The lowest BCUT2D eigenvalue weighted by molar-refractivity contribution is -0.163. The van der Waals surface area contributed by atoms with Crippen LogP contribution in [0.25, 0.3) is 11.1 Å². The Kier molecular flexibility index (Phi) is 11.2. The Morgan fingerprint density at radius 3 is 1.74 bits per heavy atom. The van der Waals surface area contributed by atoms with E-state index in [9.17, 15) is 9.59 Å². The zero-order chi connectivity index (χ0) is 28.7. The molecule has 0 N–H and O–H groups in total. The molecular weight excluding hydrogens is 472 g/mol. The standard InChI is InChI=1S/C34H50O4/c1-11-25(22-26(12-2)32(36)38-33(8,9)13-3)31(35)37-30-19-17-28(21-24(30)7)27-16-18-29(23(6)20-27)34(10,14-4)15-5/h16-21,25-26H,11-15,22H2,1-10H3. The van der Waals surface area contributed by atoms with Crippen molar-refractivity contribution in [2.75, 3.05) is 0 Å². The normalized spacial score (nSPS) is 13.6. The van der Waals surface area contributed by atoms with Gasteiger partial charge in [-0.2, -0.15) is 0 Å². The smallest absolute Gasteiger partial charge is 0.314 e. The lowest BCUT2D eigenvalue weighted by Gasteiger charge is -2.29. The summed E-state index contributed by atoms with van der Waals surface area (Å²) in [6, 6.07) is 12.7. The van der Waals surface area contributed by atoms with Gasteiger partial charge in [-0.25, -0.2) is 0 Å². The predicted molar refractivity (Wildman–Crippen MR) is 158 cm³/mol. The van der Waals surface area contributed by atoms with Crippen molar-refractivity contribution in [3.63, 3.8) is 0 Å². The molecule has 0 saturated heterocycles. The maximum Gasteiger partial charge on any atom is 0.314 e. The summed E-state index contributed by atoms with van der Waals surface area (Å²) in [6.07, 6.45) is 4.63. The van der Waals surface area contributed by atoms with Gasteiger partial charge < -0.3 is 9.47 Å². The summed E-state index contributed by atoms with van der Waals surface area (Å²) in [4.78, 5) is 25.9. The summed E-state index contributed by atoms with van der Waals surface area (Å²) in [7, 11) is 0. The first-order valence-electron chi connectivity index (χ1n) is 14.5. The summed E-state index contributed by atoms with van der Waals surface area (Å²) < 4.78 is 11.6. The van der Waals surface area contributed by atoms with Crippen LogP contribution in [-0.4, -0.2) is 17.5 Å². The van der Waals surface area contributed by atoms with Crippen LogP contribution in [0.3, 0.4) is 0 Å². The molecule has 210 valence electrons. The fourth-order valence-electron chi connectivity index (χ4n) is 4.92. The van der Waals surface area contributed by atoms with E-state index in [-0.39, 0.29) is 29.2 Å². The average molecular weight is 523 g/mol. The Labute approximate surface area is 231 Å². The Hall–Kier alpha value is -2.62. The molecule has 0 bridgehead atoms. The number of esters is 2. The van der Waals surface area contributed by atoms with Crippen molar-refractivity contribution in [1.29, 1.82) is 0 Å². The van der Waals surface area contributed by atoms with Gasteiger partial charge in [-0.3, -0.25) is 9.59 Å². The maximum absolute atomic E-state index is 13.1. The molecule has 0 heterocycles. The molecule has 0 spiro atoms. The first-order chi connectivity index (χ1) is 17.8. The Bertz CT molecular complexity index is 1090. The lowest BCUT2D eigenvalue weighted by atomic mass is 9.75. The van der Waals surface area contributed by atoms with Gasteiger partial charge in [-0.05, 0) is 112 Å². The van der Waals surface area contributed by atoms with E-state index in [4.69, 9.17) is 9.47 Å². The van der Waals surface area contributed by atoms with Crippen LogP contribution in [0.4, 0.5) is 0 Å². The van der Waals surface area contributed by atoms with Crippen LogP contribution in [0.15, 0.2) is 36.4 Å². The van der Waals surface area contributed by atoms with E-state index in [0.29, 0.717) is 25.0 Å². The molecule has 0 aliphatic carbocycles. The summed E-state index contributed by atoms with van der Waals surface area (Å²) >= 11 is 0. The van der Waals surface area contributed by atoms with Gasteiger partial charge in [0.25, 0.3) is 0 Å². The summed E-state index contributed by atoms with van der Waals surface area (Å²) in [5, 5.41) is 0. The lowest BCUT2D eigenvalue weighted by Crippen LogP contribution is -2.33. The van der Waals surface area contributed by atoms with Crippen LogP contribution < -0.4 is 4.74 Å². The molecule has 0 aliphatic heterocycles. The zero-order valence-electron chi connectivity index (χ0n) is 25.5. The van der Waals surface area contributed by atoms with Gasteiger partial charge in [0.2, 0.25) is 0 Å². The Morgan fingerprint density at radius 2 is 1.26 bits per heavy atom. The monoisotopic (exact) mass is 522 g/mol. The van der Waals surface area contributed by atoms with Gasteiger partial charge in [0.1, 0.15) is 11.4 Å². The highest BCUT2D eigenvalue weighted by atomic mass is 16.6. The van der Waals surface area contributed by atoms with E-state index in [1.165, 1.54) is 11.1 Å². The molecule has 0 fully saturated rings. The number of carbonyl (C=O) groups excluding carboxylic acids is 2. The van der Waals surface area contributed by atoms with Crippen molar-refractivity contribution in [2.24, 2.45) is 11.8 Å². The first-order valence-corrected chi connectivity index (χ1v) is 14.5. The van der Waals surface area contributed by atoms with Crippen LogP contribution in [-0.2, 0) is 19.7 Å². The van der Waals surface area contributed by atoms with Crippen molar-refractivity contribution < 1.29 is 19.1 Å². The Balaban J connectivity index is 2.17. The van der Waals surface area contributed by atoms with E-state index < -0.39 is 5.60 Å². The number of benzene rings is 2. The minimum Gasteiger partial charge on any atom is -0.459 e. The van der Waals surface area contributed by atoms with Gasteiger partial charge in [-0.15, -0.1) is 0 Å². The summed E-state index contributed by atoms with van der Waals surface area (Å²) in [5.74, 6) is -0.639. The van der Waals surface area contributed by atoms with Crippen molar-refractivity contribution in [1.82, 2.24) is 0 Å². The third kappa shape index (κ3) is 7.71. The topological polar surface area (TPSA) is 52.6 Å². The molecular formula is C34H50O4. The number of rotatable bonds is 13. The highest BCUT2D eigenvalue weighted by Gasteiger charge is 2.31. The van der Waals surface area contributed by atoms with E-state index in [0.717, 1.165) is 36.0 Å². The molecule has 2 unspecified atom stereocenters. The van der Waals surface area contributed by atoms with Gasteiger partial charge in [-0.1, -0.05) is 65.8 Å². The predicted octanol–water partition coefficient (Wildman–Crippen LogP) is 9.13. The highest BCUT2D eigenvalue weighted by Crippen LogP contribution is 2.36. The number of carbonyl (C=O) groups is 2. The number of hydrogen-bond acceptors (Lipinski definition) is 4. The molecule has 0 aromatic heterocycles. The zero-order valence-corrected chi connectivity index (χ0v) is 25.5. The summed E-state index contributed by atoms with van der Waals surface area (Å²) in [5.41, 5.74) is 5.57. The van der Waals surface area contributed by atoms with Crippen molar-refractivity contribution in [3.8, 4) is 16.9 Å². The largest absolute Gasteiger partial charge is 0.459 e. The minimum absolute atomic E-state index is 0.187. The molecule has 2 atom stereocenters. The van der Waals surface area contributed by atoms with Crippen molar-refractivity contribution in [2.45, 2.75) is 119 Å². The van der Waals surface area contributed by atoms with E-state index >= 15 is 0 Å². The molecule has 0 amide bonds. The second-order valence-electron chi connectivity index (χ2n) is 11.7. The van der Waals surface area contributed by atoms with E-state index in [2.05, 4.69) is 52.0 Å². The molecule has 38 heavy (non-hydrogen) atoms. The number of ether oxygens (including phenoxy) is 2. The minimum atomic E-state index is -0.504. The number of hydrogen-bond donors (Lipinski definition) is 0. The van der Waals surface area contributed by atoms with E-state index in [1.54, 1.807) is 0 Å². The second-order valence-corrected chi connectivity index (χ2v) is 11.7. The van der Waals surface area contributed by atoms with Crippen molar-refractivity contribution in [3.05, 3.63) is 53.1 Å². The number of aryl methyl sites for hydroxylation is 2. The molecule has 0 aliphatic rings. The average Bonchev–Trinajstić information content (AvgIpc) is 2.89. The van der Waals surface area contributed by atoms with Gasteiger partial charge in [0.15, 0.2) is 0 Å². The second kappa shape index (κ2) is 13.4. The van der Waals surface area contributed by atoms with Gasteiger partial charge in [0.05, 0.1) is 11.8 Å². The summed E-state index contributed by atoms with van der Waals surface area (Å²) in [6.45, 7) is 20.8. The molecule has 4 heteroatoms. The van der Waals surface area contributed by atoms with Crippen LogP contribution in [0, 0.1) is 25.7 Å². The van der Waals surface area contributed by atoms with Crippen LogP contribution >= 0.6 is 0 Å². The maximum atomic E-state index is 13.1. The molecule has 4 nitrogen and oxygen atoms in total. The molecule has 0 saturated carbocycles. The van der Waals surface area contributed by atoms with Crippen LogP contribution in [0.2, 0.25) is 0 Å². The Morgan fingerprint density at radius 1 is 0.737 bits per heavy atom. The highest BCUT2D eigenvalue weighted by molar-refractivity contribution is 5.78. The fraction of sp³-hybridized carbons (Fsp3) is 0.588. The van der Waals surface area contributed by atoms with Crippen LogP contribution in [0.5, 0.6) is 5.75 Å². The van der Waals surface area contributed by atoms with Crippen LogP contribution in [0.1, 0.15) is 111 Å². The molecule has 2 aromatic rings. The van der Waals surface area contributed by atoms with Gasteiger partial charge in [0, 0.05) is 0 Å². The third-order valence-corrected chi connectivity index (χ3v) is 8.61. The van der Waals surface area contributed by atoms with E-state index in [1.807, 2.05) is 53.7 Å². The SMILES string of the molecule is CCC(CC(CC)C(=O)OC(C)(C)CC)C(=O)Oc1ccc(-c2ccc(C(C)(CC)CC)c(C)c2)cc1C. The third-order valence-electron chi connectivity index (χ3n) is 8.61. The van der Waals surface area contributed by atoms with Crippen molar-refractivity contribution >= 4 is 11.9 Å². The molecule has 0 radical (unpaired) electrons. The van der Waals surface area contributed by atoms with Gasteiger partial charge >= 0.3 is 11.9 Å². The first kappa shape index (κ1) is 31.6. The molecule has 2 aromatic carbocycles.